The van der Waals surface area contributed by atoms with Crippen molar-refractivity contribution in [3.63, 3.8) is 0 Å². The molecular weight excluding hydrogens is 428 g/mol. The normalized spacial score (nSPS) is 25.5. The standard InChI is InChI=1S/C21H31FN2O.C2HF3O2/c22-20-4-2-18(3-5-20)14-24-11-9-21(17-24)8-1-10-23(16-21)15-19-6-12-25-13-7-19;3-2(4,5)1(6)7/h2-5,19H,1,6-17H2;(H,6,7). The average molecular weight is 461 g/mol. The van der Waals surface area contributed by atoms with Crippen LogP contribution in [0.3, 0.4) is 0 Å². The van der Waals surface area contributed by atoms with Crippen LogP contribution in [0, 0.1) is 17.2 Å². The lowest BCUT2D eigenvalue weighted by molar-refractivity contribution is -0.192. The van der Waals surface area contributed by atoms with Crippen LogP contribution < -0.4 is 0 Å². The molecular formula is C23H32F4N2O3. The molecule has 3 aliphatic heterocycles. The predicted molar refractivity (Wildman–Crippen MR) is 112 cm³/mol. The van der Waals surface area contributed by atoms with E-state index >= 15 is 0 Å². The fraction of sp³-hybridized carbons (Fsp3) is 0.696. The van der Waals surface area contributed by atoms with E-state index in [-0.39, 0.29) is 5.82 Å². The number of nitrogens with zero attached hydrogens (tertiary/aromatic N) is 2. The molecule has 3 saturated heterocycles. The van der Waals surface area contributed by atoms with Crippen LogP contribution in [-0.4, -0.2) is 73.0 Å². The van der Waals surface area contributed by atoms with E-state index in [2.05, 4.69) is 9.80 Å². The molecule has 0 bridgehead atoms. The highest BCUT2D eigenvalue weighted by molar-refractivity contribution is 5.73. The number of benzene rings is 1. The van der Waals surface area contributed by atoms with Crippen molar-refractivity contribution < 1.29 is 32.2 Å². The van der Waals surface area contributed by atoms with Gasteiger partial charge >= 0.3 is 12.1 Å². The highest BCUT2D eigenvalue weighted by Gasteiger charge is 2.41. The maximum absolute atomic E-state index is 13.1. The molecule has 0 aromatic heterocycles. The molecule has 4 rings (SSSR count). The first-order valence-corrected chi connectivity index (χ1v) is 11.2. The minimum absolute atomic E-state index is 0.141. The van der Waals surface area contributed by atoms with Crippen molar-refractivity contribution in [3.8, 4) is 0 Å². The second kappa shape index (κ2) is 10.9. The Morgan fingerprint density at radius 3 is 2.31 bits per heavy atom. The van der Waals surface area contributed by atoms with Crippen LogP contribution in [0.25, 0.3) is 0 Å². The summed E-state index contributed by atoms with van der Waals surface area (Å²) in [6.07, 6.45) is 1.42. The topological polar surface area (TPSA) is 53.0 Å². The van der Waals surface area contributed by atoms with Gasteiger partial charge in [0.2, 0.25) is 0 Å². The van der Waals surface area contributed by atoms with Gasteiger partial charge in [-0.15, -0.1) is 0 Å². The molecule has 0 aliphatic carbocycles. The second-order valence-electron chi connectivity index (χ2n) is 9.28. The van der Waals surface area contributed by atoms with Crippen molar-refractivity contribution in [3.05, 3.63) is 35.6 Å². The van der Waals surface area contributed by atoms with Gasteiger partial charge in [0.15, 0.2) is 0 Å². The maximum Gasteiger partial charge on any atom is 0.490 e. The third-order valence-corrected chi connectivity index (χ3v) is 6.68. The Balaban J connectivity index is 0.000000360. The zero-order chi connectivity index (χ0) is 23.2. The van der Waals surface area contributed by atoms with Gasteiger partial charge in [0.1, 0.15) is 5.82 Å². The van der Waals surface area contributed by atoms with E-state index in [0.717, 1.165) is 25.7 Å². The van der Waals surface area contributed by atoms with Gasteiger partial charge < -0.3 is 14.7 Å². The van der Waals surface area contributed by atoms with Gasteiger partial charge in [0.05, 0.1) is 0 Å². The number of carbonyl (C=O) groups is 1. The van der Waals surface area contributed by atoms with Gasteiger partial charge in [-0.05, 0) is 74.2 Å². The first-order chi connectivity index (χ1) is 15.2. The molecule has 1 aromatic rings. The molecule has 0 radical (unpaired) electrons. The van der Waals surface area contributed by atoms with Crippen molar-refractivity contribution in [1.82, 2.24) is 9.80 Å². The maximum atomic E-state index is 13.1. The smallest absolute Gasteiger partial charge is 0.475 e. The van der Waals surface area contributed by atoms with Gasteiger partial charge in [-0.25, -0.2) is 9.18 Å². The zero-order valence-electron chi connectivity index (χ0n) is 18.2. The van der Waals surface area contributed by atoms with Crippen molar-refractivity contribution in [2.45, 2.75) is 44.8 Å². The lowest BCUT2D eigenvalue weighted by atomic mass is 9.79. The van der Waals surface area contributed by atoms with Gasteiger partial charge in [-0.3, -0.25) is 4.90 Å². The van der Waals surface area contributed by atoms with E-state index in [1.54, 1.807) is 12.1 Å². The molecule has 3 aliphatic rings. The number of aliphatic carboxylic acids is 1. The van der Waals surface area contributed by atoms with Gasteiger partial charge in [0.25, 0.3) is 0 Å². The molecule has 3 fully saturated rings. The van der Waals surface area contributed by atoms with Crippen LogP contribution in [-0.2, 0) is 16.1 Å². The largest absolute Gasteiger partial charge is 0.490 e. The Morgan fingerprint density at radius 2 is 1.69 bits per heavy atom. The Kier molecular flexibility index (Phi) is 8.52. The molecule has 1 atom stereocenters. The minimum Gasteiger partial charge on any atom is -0.475 e. The van der Waals surface area contributed by atoms with Crippen LogP contribution in [0.2, 0.25) is 0 Å². The summed E-state index contributed by atoms with van der Waals surface area (Å²) in [6, 6.07) is 7.02. The van der Waals surface area contributed by atoms with Gasteiger partial charge in [0, 0.05) is 39.4 Å². The number of ether oxygens (including phenoxy) is 1. The highest BCUT2D eigenvalue weighted by atomic mass is 19.4. The monoisotopic (exact) mass is 460 g/mol. The van der Waals surface area contributed by atoms with Crippen molar-refractivity contribution in [2.24, 2.45) is 11.3 Å². The number of carboxylic acid groups (broad SMARTS) is 1. The fourth-order valence-electron chi connectivity index (χ4n) is 5.10. The molecule has 1 spiro atoms. The summed E-state index contributed by atoms with van der Waals surface area (Å²) in [5, 5.41) is 7.12. The van der Waals surface area contributed by atoms with Crippen LogP contribution in [0.4, 0.5) is 17.6 Å². The average Bonchev–Trinajstić information content (AvgIpc) is 3.11. The van der Waals surface area contributed by atoms with E-state index < -0.39 is 12.1 Å². The van der Waals surface area contributed by atoms with Crippen molar-refractivity contribution in [2.75, 3.05) is 45.9 Å². The molecule has 1 aromatic carbocycles. The first-order valence-electron chi connectivity index (χ1n) is 11.2. The molecule has 180 valence electrons. The number of halogens is 4. The molecule has 3 heterocycles. The number of hydrogen-bond donors (Lipinski definition) is 1. The summed E-state index contributed by atoms with van der Waals surface area (Å²) < 4.78 is 50.3. The molecule has 1 N–H and O–H groups in total. The van der Waals surface area contributed by atoms with E-state index in [1.165, 1.54) is 70.4 Å². The summed E-state index contributed by atoms with van der Waals surface area (Å²) in [4.78, 5) is 14.2. The van der Waals surface area contributed by atoms with Crippen LogP contribution in [0.5, 0.6) is 0 Å². The number of carboxylic acids is 1. The summed E-state index contributed by atoms with van der Waals surface area (Å²) in [5.41, 5.74) is 1.72. The molecule has 5 nitrogen and oxygen atoms in total. The van der Waals surface area contributed by atoms with Gasteiger partial charge in [-0.1, -0.05) is 12.1 Å². The number of rotatable bonds is 4. The molecule has 1 unspecified atom stereocenters. The molecule has 32 heavy (non-hydrogen) atoms. The quantitative estimate of drug-likeness (QED) is 0.684. The minimum atomic E-state index is -5.08. The molecule has 9 heteroatoms. The lowest BCUT2D eigenvalue weighted by Crippen LogP contribution is -2.46. The summed E-state index contributed by atoms with van der Waals surface area (Å²) in [6.45, 7) is 9.06. The number of piperidine rings is 1. The second-order valence-corrected chi connectivity index (χ2v) is 9.28. The van der Waals surface area contributed by atoms with E-state index in [9.17, 15) is 17.6 Å². The summed E-state index contributed by atoms with van der Waals surface area (Å²) >= 11 is 0. The zero-order valence-corrected chi connectivity index (χ0v) is 18.2. The van der Waals surface area contributed by atoms with Crippen LogP contribution >= 0.6 is 0 Å². The fourth-order valence-corrected chi connectivity index (χ4v) is 5.10. The number of likely N-dealkylation sites (tertiary alicyclic amines) is 2. The van der Waals surface area contributed by atoms with Crippen molar-refractivity contribution in [1.29, 1.82) is 0 Å². The molecule has 0 saturated carbocycles. The van der Waals surface area contributed by atoms with Crippen LogP contribution in [0.1, 0.15) is 37.7 Å². The predicted octanol–water partition coefficient (Wildman–Crippen LogP) is 4.17. The van der Waals surface area contributed by atoms with E-state index in [1.807, 2.05) is 12.1 Å². The third-order valence-electron chi connectivity index (χ3n) is 6.68. The highest BCUT2D eigenvalue weighted by Crippen LogP contribution is 2.40. The van der Waals surface area contributed by atoms with Crippen LogP contribution in [0.15, 0.2) is 24.3 Å². The Labute approximate surface area is 186 Å². The Hall–Kier alpha value is -1.71. The Morgan fingerprint density at radius 1 is 1.06 bits per heavy atom. The first kappa shape index (κ1) is 24.9. The SMILES string of the molecule is Fc1ccc(CN2CCC3(CCCN(CC4CCOCC4)C3)C2)cc1.O=C(O)C(F)(F)F. The summed E-state index contributed by atoms with van der Waals surface area (Å²) in [7, 11) is 0. The lowest BCUT2D eigenvalue weighted by Gasteiger charge is -2.42. The Bertz CT molecular complexity index is 738. The number of alkyl halides is 3. The van der Waals surface area contributed by atoms with E-state index in [4.69, 9.17) is 14.6 Å². The van der Waals surface area contributed by atoms with Crippen molar-refractivity contribution >= 4 is 5.97 Å². The number of hydrogen-bond acceptors (Lipinski definition) is 4. The third kappa shape index (κ3) is 7.42. The molecule has 0 amide bonds. The van der Waals surface area contributed by atoms with E-state index in [0.29, 0.717) is 5.41 Å². The summed E-state index contributed by atoms with van der Waals surface area (Å²) in [5.74, 6) is -2.06. The van der Waals surface area contributed by atoms with Gasteiger partial charge in [-0.2, -0.15) is 13.2 Å².